The van der Waals surface area contributed by atoms with Crippen LogP contribution in [0.25, 0.3) is 0 Å². The molecule has 0 atom stereocenters. The Labute approximate surface area is 82.7 Å². The SMILES string of the molecule is Cc1ncc(CBr)c(C(F)F)c1O. The summed E-state index contributed by atoms with van der Waals surface area (Å²) >= 11 is 3.05. The molecule has 13 heavy (non-hydrogen) atoms. The van der Waals surface area contributed by atoms with Gasteiger partial charge in [0.25, 0.3) is 6.43 Å². The molecule has 0 bridgehead atoms. The van der Waals surface area contributed by atoms with Crippen molar-refractivity contribution in [2.24, 2.45) is 0 Å². The van der Waals surface area contributed by atoms with E-state index in [0.29, 0.717) is 5.56 Å². The van der Waals surface area contributed by atoms with Crippen LogP contribution in [-0.2, 0) is 5.33 Å². The number of aryl methyl sites for hydroxylation is 1. The van der Waals surface area contributed by atoms with Crippen molar-refractivity contribution in [1.82, 2.24) is 4.98 Å². The van der Waals surface area contributed by atoms with Crippen LogP contribution in [0.4, 0.5) is 8.78 Å². The van der Waals surface area contributed by atoms with Crippen LogP contribution in [0.1, 0.15) is 23.2 Å². The molecule has 5 heteroatoms. The number of nitrogens with zero attached hydrogens (tertiary/aromatic N) is 1. The number of alkyl halides is 3. The number of aromatic nitrogens is 1. The van der Waals surface area contributed by atoms with Gasteiger partial charge >= 0.3 is 0 Å². The molecule has 1 N–H and O–H groups in total. The van der Waals surface area contributed by atoms with E-state index < -0.39 is 12.2 Å². The molecule has 0 amide bonds. The minimum Gasteiger partial charge on any atom is -0.506 e. The Bertz CT molecular complexity index is 317. The minimum atomic E-state index is -2.67. The fourth-order valence-corrected chi connectivity index (χ4v) is 1.45. The van der Waals surface area contributed by atoms with Crippen molar-refractivity contribution < 1.29 is 13.9 Å². The Morgan fingerprint density at radius 2 is 2.23 bits per heavy atom. The van der Waals surface area contributed by atoms with E-state index in [1.807, 2.05) is 0 Å². The lowest BCUT2D eigenvalue weighted by Crippen LogP contribution is -1.97. The highest BCUT2D eigenvalue weighted by atomic mass is 79.9. The predicted octanol–water partition coefficient (Wildman–Crippen LogP) is 2.93. The van der Waals surface area contributed by atoms with Crippen LogP contribution in [0.2, 0.25) is 0 Å². The zero-order valence-electron chi connectivity index (χ0n) is 6.89. The number of rotatable bonds is 2. The highest BCUT2D eigenvalue weighted by molar-refractivity contribution is 9.08. The standard InChI is InChI=1S/C8H8BrF2NO/c1-4-7(13)6(8(10)11)5(2-9)3-12-4/h3,8,13H,2H2,1H3. The Balaban J connectivity index is 3.32. The van der Waals surface area contributed by atoms with Crippen LogP contribution >= 0.6 is 15.9 Å². The van der Waals surface area contributed by atoms with Crippen LogP contribution in [0.3, 0.4) is 0 Å². The molecule has 0 saturated carbocycles. The maximum Gasteiger partial charge on any atom is 0.267 e. The third kappa shape index (κ3) is 1.96. The summed E-state index contributed by atoms with van der Waals surface area (Å²) in [5, 5.41) is 9.57. The van der Waals surface area contributed by atoms with Crippen molar-refractivity contribution in [2.75, 3.05) is 0 Å². The van der Waals surface area contributed by atoms with Crippen molar-refractivity contribution >= 4 is 15.9 Å². The third-order valence-corrected chi connectivity index (χ3v) is 2.32. The van der Waals surface area contributed by atoms with Gasteiger partial charge in [-0.25, -0.2) is 8.78 Å². The Morgan fingerprint density at radius 1 is 1.62 bits per heavy atom. The van der Waals surface area contributed by atoms with E-state index in [-0.39, 0.29) is 16.6 Å². The van der Waals surface area contributed by atoms with Gasteiger partial charge in [-0.15, -0.1) is 0 Å². The van der Waals surface area contributed by atoms with Gasteiger partial charge in [-0.1, -0.05) is 15.9 Å². The Hall–Kier alpha value is -0.710. The van der Waals surface area contributed by atoms with E-state index in [2.05, 4.69) is 20.9 Å². The number of halogens is 3. The molecule has 0 aromatic carbocycles. The first kappa shape index (κ1) is 10.4. The zero-order valence-corrected chi connectivity index (χ0v) is 8.48. The predicted molar refractivity (Wildman–Crippen MR) is 48.2 cm³/mol. The largest absolute Gasteiger partial charge is 0.506 e. The summed E-state index contributed by atoms with van der Waals surface area (Å²) in [7, 11) is 0. The first-order valence-electron chi connectivity index (χ1n) is 3.59. The lowest BCUT2D eigenvalue weighted by molar-refractivity contribution is 0.146. The van der Waals surface area contributed by atoms with E-state index in [9.17, 15) is 13.9 Å². The molecular weight excluding hydrogens is 244 g/mol. The average Bonchev–Trinajstić information content (AvgIpc) is 2.08. The maximum atomic E-state index is 12.4. The summed E-state index contributed by atoms with van der Waals surface area (Å²) in [5.74, 6) is -0.410. The molecule has 0 saturated heterocycles. The first-order chi connectivity index (χ1) is 6.07. The van der Waals surface area contributed by atoms with Crippen molar-refractivity contribution in [1.29, 1.82) is 0 Å². The summed E-state index contributed by atoms with van der Waals surface area (Å²) in [4.78, 5) is 3.78. The summed E-state index contributed by atoms with van der Waals surface area (Å²) in [6, 6.07) is 0. The minimum absolute atomic E-state index is 0.222. The van der Waals surface area contributed by atoms with Crippen LogP contribution < -0.4 is 0 Å². The molecule has 0 spiro atoms. The van der Waals surface area contributed by atoms with Gasteiger partial charge < -0.3 is 5.11 Å². The zero-order chi connectivity index (χ0) is 10.0. The normalized spacial score (nSPS) is 10.8. The van der Waals surface area contributed by atoms with E-state index in [1.54, 1.807) is 0 Å². The van der Waals surface area contributed by atoms with Gasteiger partial charge in [-0.3, -0.25) is 4.98 Å². The summed E-state index contributed by atoms with van der Waals surface area (Å²) < 4.78 is 24.9. The second kappa shape index (κ2) is 4.00. The van der Waals surface area contributed by atoms with Gasteiger partial charge in [0.2, 0.25) is 0 Å². The molecule has 0 fully saturated rings. The fraction of sp³-hybridized carbons (Fsp3) is 0.375. The van der Waals surface area contributed by atoms with Crippen molar-refractivity contribution in [3.63, 3.8) is 0 Å². The van der Waals surface area contributed by atoms with Gasteiger partial charge in [0.05, 0.1) is 11.3 Å². The van der Waals surface area contributed by atoms with Crippen LogP contribution in [0, 0.1) is 6.92 Å². The molecule has 72 valence electrons. The van der Waals surface area contributed by atoms with Gasteiger partial charge in [-0.2, -0.15) is 0 Å². The quantitative estimate of drug-likeness (QED) is 0.821. The Kier molecular flexibility index (Phi) is 3.19. The smallest absolute Gasteiger partial charge is 0.267 e. The van der Waals surface area contributed by atoms with E-state index in [0.717, 1.165) is 0 Å². The molecule has 0 aliphatic heterocycles. The molecular formula is C8H8BrF2NO. The first-order valence-corrected chi connectivity index (χ1v) is 4.71. The second-order valence-electron chi connectivity index (χ2n) is 2.57. The lowest BCUT2D eigenvalue weighted by atomic mass is 10.1. The molecule has 1 aromatic heterocycles. The van der Waals surface area contributed by atoms with Crippen molar-refractivity contribution in [3.8, 4) is 5.75 Å². The molecule has 2 nitrogen and oxygen atoms in total. The number of hydrogen-bond acceptors (Lipinski definition) is 2. The van der Waals surface area contributed by atoms with Crippen LogP contribution in [0.15, 0.2) is 6.20 Å². The van der Waals surface area contributed by atoms with E-state index in [4.69, 9.17) is 0 Å². The topological polar surface area (TPSA) is 33.1 Å². The maximum absolute atomic E-state index is 12.4. The molecule has 0 aliphatic rings. The summed E-state index contributed by atoms with van der Waals surface area (Å²) in [6.45, 7) is 1.49. The molecule has 0 aliphatic carbocycles. The molecule has 1 aromatic rings. The van der Waals surface area contributed by atoms with Gasteiger partial charge in [0.1, 0.15) is 5.75 Å². The number of hydrogen-bond donors (Lipinski definition) is 1. The van der Waals surface area contributed by atoms with Gasteiger partial charge in [0.15, 0.2) is 0 Å². The van der Waals surface area contributed by atoms with Crippen molar-refractivity contribution in [3.05, 3.63) is 23.0 Å². The Morgan fingerprint density at radius 3 is 2.69 bits per heavy atom. The molecule has 1 rings (SSSR count). The molecule has 1 heterocycles. The second-order valence-corrected chi connectivity index (χ2v) is 3.13. The van der Waals surface area contributed by atoms with Crippen molar-refractivity contribution in [2.45, 2.75) is 18.7 Å². The highest BCUT2D eigenvalue weighted by Crippen LogP contribution is 2.33. The molecule has 0 unspecified atom stereocenters. The monoisotopic (exact) mass is 251 g/mol. The van der Waals surface area contributed by atoms with E-state index >= 15 is 0 Å². The van der Waals surface area contributed by atoms with E-state index in [1.165, 1.54) is 13.1 Å². The van der Waals surface area contributed by atoms with Gasteiger partial charge in [0, 0.05) is 11.5 Å². The highest BCUT2D eigenvalue weighted by Gasteiger charge is 2.19. The van der Waals surface area contributed by atoms with Gasteiger partial charge in [-0.05, 0) is 12.5 Å². The third-order valence-electron chi connectivity index (χ3n) is 1.72. The number of pyridine rings is 1. The summed E-state index contributed by atoms with van der Waals surface area (Å²) in [5.41, 5.74) is 0.211. The summed E-state index contributed by atoms with van der Waals surface area (Å²) in [6.07, 6.45) is -1.33. The van der Waals surface area contributed by atoms with Crippen LogP contribution in [0.5, 0.6) is 5.75 Å². The van der Waals surface area contributed by atoms with Crippen LogP contribution in [-0.4, -0.2) is 10.1 Å². The number of aromatic hydroxyl groups is 1. The fourth-order valence-electron chi connectivity index (χ4n) is 1.00. The average molecular weight is 252 g/mol. The molecule has 0 radical (unpaired) electrons. The lowest BCUT2D eigenvalue weighted by Gasteiger charge is -2.09.